The summed E-state index contributed by atoms with van der Waals surface area (Å²) in [5, 5.41) is 10.6. The molecule has 2 N–H and O–H groups in total. The molecule has 0 spiro atoms. The fourth-order valence-corrected chi connectivity index (χ4v) is 1.76. The van der Waals surface area contributed by atoms with Gasteiger partial charge in [0.2, 0.25) is 5.91 Å². The summed E-state index contributed by atoms with van der Waals surface area (Å²) in [4.78, 5) is 23.1. The molecule has 84 valence electrons. The molecule has 1 atom stereocenters. The van der Waals surface area contributed by atoms with Crippen LogP contribution in [0.3, 0.4) is 0 Å². The first-order valence-corrected chi connectivity index (χ1v) is 4.88. The van der Waals surface area contributed by atoms with Gasteiger partial charge in [-0.1, -0.05) is 6.07 Å². The summed E-state index contributed by atoms with van der Waals surface area (Å²) in [6.07, 6.45) is 0.294. The van der Waals surface area contributed by atoms with E-state index >= 15 is 0 Å². The zero-order valence-corrected chi connectivity index (χ0v) is 8.50. The SMILES string of the molecule is NC1CC(=O)N(c2cccc([N+](=O)[O-])c2)C1. The van der Waals surface area contributed by atoms with Gasteiger partial charge in [-0.3, -0.25) is 14.9 Å². The molecule has 1 amide bonds. The molecular formula is C10H11N3O3. The van der Waals surface area contributed by atoms with E-state index in [0.717, 1.165) is 0 Å². The maximum Gasteiger partial charge on any atom is 0.271 e. The van der Waals surface area contributed by atoms with E-state index < -0.39 is 4.92 Å². The van der Waals surface area contributed by atoms with E-state index in [-0.39, 0.29) is 17.6 Å². The average molecular weight is 221 g/mol. The molecule has 1 fully saturated rings. The predicted molar refractivity (Wildman–Crippen MR) is 58.0 cm³/mol. The first kappa shape index (κ1) is 10.6. The molecule has 0 bridgehead atoms. The lowest BCUT2D eigenvalue weighted by Gasteiger charge is -2.15. The number of nitrogens with zero attached hydrogens (tertiary/aromatic N) is 2. The predicted octanol–water partition coefficient (Wildman–Crippen LogP) is 0.659. The van der Waals surface area contributed by atoms with Crippen LogP contribution < -0.4 is 10.6 Å². The highest BCUT2D eigenvalue weighted by Crippen LogP contribution is 2.24. The van der Waals surface area contributed by atoms with Crippen molar-refractivity contribution in [2.45, 2.75) is 12.5 Å². The zero-order chi connectivity index (χ0) is 11.7. The molecule has 2 rings (SSSR count). The highest BCUT2D eigenvalue weighted by molar-refractivity contribution is 5.96. The molecule has 6 heteroatoms. The summed E-state index contributed by atoms with van der Waals surface area (Å²) < 4.78 is 0. The van der Waals surface area contributed by atoms with E-state index in [1.165, 1.54) is 17.0 Å². The standard InChI is InChI=1S/C10H11N3O3/c11-7-4-10(14)12(6-7)8-2-1-3-9(5-8)13(15)16/h1-3,5,7H,4,6,11H2. The Morgan fingerprint density at radius 1 is 1.50 bits per heavy atom. The smallest absolute Gasteiger partial charge is 0.271 e. The molecule has 0 aliphatic carbocycles. The molecule has 1 aliphatic heterocycles. The number of nitro groups is 1. The van der Waals surface area contributed by atoms with Gasteiger partial charge in [-0.2, -0.15) is 0 Å². The van der Waals surface area contributed by atoms with E-state index in [1.807, 2.05) is 0 Å². The molecule has 1 unspecified atom stereocenters. The van der Waals surface area contributed by atoms with Gasteiger partial charge in [0.15, 0.2) is 0 Å². The van der Waals surface area contributed by atoms with Gasteiger partial charge in [0.25, 0.3) is 5.69 Å². The van der Waals surface area contributed by atoms with Crippen LogP contribution in [-0.2, 0) is 4.79 Å². The third-order valence-electron chi connectivity index (χ3n) is 2.51. The third-order valence-corrected chi connectivity index (χ3v) is 2.51. The van der Waals surface area contributed by atoms with Crippen molar-refractivity contribution in [2.75, 3.05) is 11.4 Å². The lowest BCUT2D eigenvalue weighted by Crippen LogP contribution is -2.27. The van der Waals surface area contributed by atoms with Crippen LogP contribution in [0.25, 0.3) is 0 Å². The van der Waals surface area contributed by atoms with Crippen molar-refractivity contribution in [1.29, 1.82) is 0 Å². The minimum absolute atomic E-state index is 0.0224. The number of carbonyl (C=O) groups is 1. The van der Waals surface area contributed by atoms with Crippen molar-refractivity contribution < 1.29 is 9.72 Å². The van der Waals surface area contributed by atoms with E-state index in [4.69, 9.17) is 5.73 Å². The molecule has 1 aromatic carbocycles. The first-order valence-electron chi connectivity index (χ1n) is 4.88. The number of hydrogen-bond donors (Lipinski definition) is 1. The summed E-state index contributed by atoms with van der Waals surface area (Å²) in [6, 6.07) is 5.82. The molecule has 6 nitrogen and oxygen atoms in total. The lowest BCUT2D eigenvalue weighted by atomic mass is 10.2. The molecule has 1 heterocycles. The number of rotatable bonds is 2. The fraction of sp³-hybridized carbons (Fsp3) is 0.300. The summed E-state index contributed by atoms with van der Waals surface area (Å²) in [6.45, 7) is 0.417. The number of hydrogen-bond acceptors (Lipinski definition) is 4. The number of non-ortho nitro benzene ring substituents is 1. The van der Waals surface area contributed by atoms with Crippen molar-refractivity contribution in [3.05, 3.63) is 34.4 Å². The van der Waals surface area contributed by atoms with Gasteiger partial charge in [0, 0.05) is 31.1 Å². The molecule has 0 saturated carbocycles. The number of nitro benzene ring substituents is 1. The highest BCUT2D eigenvalue weighted by Gasteiger charge is 2.28. The summed E-state index contributed by atoms with van der Waals surface area (Å²) >= 11 is 0. The summed E-state index contributed by atoms with van der Waals surface area (Å²) in [5.41, 5.74) is 6.17. The van der Waals surface area contributed by atoms with Gasteiger partial charge in [-0.15, -0.1) is 0 Å². The van der Waals surface area contributed by atoms with E-state index in [9.17, 15) is 14.9 Å². The van der Waals surface area contributed by atoms with Crippen molar-refractivity contribution in [2.24, 2.45) is 5.73 Å². The maximum atomic E-state index is 11.5. The maximum absolute atomic E-state index is 11.5. The van der Waals surface area contributed by atoms with E-state index in [2.05, 4.69) is 0 Å². The third kappa shape index (κ3) is 1.87. The van der Waals surface area contributed by atoms with Gasteiger partial charge >= 0.3 is 0 Å². The van der Waals surface area contributed by atoms with E-state index in [1.54, 1.807) is 12.1 Å². The van der Waals surface area contributed by atoms with Gasteiger partial charge in [0.1, 0.15) is 0 Å². The molecule has 16 heavy (non-hydrogen) atoms. The van der Waals surface area contributed by atoms with Crippen molar-refractivity contribution >= 4 is 17.3 Å². The monoisotopic (exact) mass is 221 g/mol. The molecule has 1 aliphatic rings. The summed E-state index contributed by atoms with van der Waals surface area (Å²) in [7, 11) is 0. The fourth-order valence-electron chi connectivity index (χ4n) is 1.76. The van der Waals surface area contributed by atoms with Crippen LogP contribution in [-0.4, -0.2) is 23.4 Å². The van der Waals surface area contributed by atoms with Crippen LogP contribution in [0.2, 0.25) is 0 Å². The second kappa shape index (κ2) is 3.90. The minimum Gasteiger partial charge on any atom is -0.326 e. The molecule has 1 saturated heterocycles. The Bertz CT molecular complexity index is 447. The second-order valence-corrected chi connectivity index (χ2v) is 3.75. The first-order chi connectivity index (χ1) is 7.58. The number of nitrogens with two attached hydrogens (primary N) is 1. The Hall–Kier alpha value is -1.95. The normalized spacial score (nSPS) is 20.2. The number of amides is 1. The Balaban J connectivity index is 2.30. The van der Waals surface area contributed by atoms with Crippen molar-refractivity contribution in [3.8, 4) is 0 Å². The molecule has 1 aromatic rings. The number of benzene rings is 1. The van der Waals surface area contributed by atoms with Gasteiger partial charge in [-0.25, -0.2) is 0 Å². The van der Waals surface area contributed by atoms with Gasteiger partial charge in [0.05, 0.1) is 10.6 Å². The van der Waals surface area contributed by atoms with Crippen LogP contribution in [0, 0.1) is 10.1 Å². The number of anilines is 1. The van der Waals surface area contributed by atoms with Crippen LogP contribution >= 0.6 is 0 Å². The Morgan fingerprint density at radius 3 is 2.81 bits per heavy atom. The summed E-state index contributed by atoms with van der Waals surface area (Å²) in [5.74, 6) is -0.0898. The zero-order valence-electron chi connectivity index (χ0n) is 8.50. The van der Waals surface area contributed by atoms with Crippen LogP contribution in [0.15, 0.2) is 24.3 Å². The topological polar surface area (TPSA) is 89.5 Å². The van der Waals surface area contributed by atoms with Crippen molar-refractivity contribution in [3.63, 3.8) is 0 Å². The Kier molecular flexibility index (Phi) is 2.57. The largest absolute Gasteiger partial charge is 0.326 e. The second-order valence-electron chi connectivity index (χ2n) is 3.75. The minimum atomic E-state index is -0.482. The lowest BCUT2D eigenvalue weighted by molar-refractivity contribution is -0.384. The molecule has 0 radical (unpaired) electrons. The van der Waals surface area contributed by atoms with E-state index in [0.29, 0.717) is 18.7 Å². The van der Waals surface area contributed by atoms with Gasteiger partial charge in [-0.05, 0) is 6.07 Å². The van der Waals surface area contributed by atoms with Gasteiger partial charge < -0.3 is 10.6 Å². The van der Waals surface area contributed by atoms with Crippen LogP contribution in [0.1, 0.15) is 6.42 Å². The Morgan fingerprint density at radius 2 is 2.25 bits per heavy atom. The molecule has 0 aromatic heterocycles. The number of carbonyl (C=O) groups excluding carboxylic acids is 1. The Labute approximate surface area is 91.8 Å². The highest BCUT2D eigenvalue weighted by atomic mass is 16.6. The average Bonchev–Trinajstić information content (AvgIpc) is 2.58. The molecular weight excluding hydrogens is 210 g/mol. The quantitative estimate of drug-likeness (QED) is 0.586. The van der Waals surface area contributed by atoms with Crippen molar-refractivity contribution in [1.82, 2.24) is 0 Å². The van der Waals surface area contributed by atoms with Crippen LogP contribution in [0.4, 0.5) is 11.4 Å². The van der Waals surface area contributed by atoms with Crippen LogP contribution in [0.5, 0.6) is 0 Å².